The molecule has 0 aromatic carbocycles. The Morgan fingerprint density at radius 1 is 1.40 bits per heavy atom. The Morgan fingerprint density at radius 3 is 2.00 bits per heavy atom. The lowest BCUT2D eigenvalue weighted by atomic mass is 10.1. The summed E-state index contributed by atoms with van der Waals surface area (Å²) in [4.78, 5) is 13.2. The maximum Gasteiger partial charge on any atom is 0.182 e. The van der Waals surface area contributed by atoms with Gasteiger partial charge in [0.25, 0.3) is 0 Å². The molecule has 1 aliphatic rings. The molecule has 0 spiro atoms. The second-order valence-corrected chi connectivity index (χ2v) is 2.86. The van der Waals surface area contributed by atoms with E-state index in [-0.39, 0.29) is 11.8 Å². The number of Topliss-reactive ketones (excluding diaryl/α,β-unsaturated/α-hetero) is 1. The number of allylic oxidation sites excluding steroid dienone is 1. The highest BCUT2D eigenvalue weighted by Gasteiger charge is 2.28. The summed E-state index contributed by atoms with van der Waals surface area (Å²) >= 11 is 0. The average Bonchev–Trinajstić information content (AvgIpc) is 2.07. The van der Waals surface area contributed by atoms with E-state index in [2.05, 4.69) is 0 Å². The second kappa shape index (κ2) is 2.11. The molecule has 2 heteroatoms. The van der Waals surface area contributed by atoms with E-state index in [0.29, 0.717) is 0 Å². The Bertz CT molecular complexity index is 205. The van der Waals surface area contributed by atoms with E-state index in [9.17, 15) is 4.79 Å². The second-order valence-electron chi connectivity index (χ2n) is 2.86. The molecule has 0 saturated heterocycles. The molecule has 0 aliphatic carbocycles. The molecule has 0 aromatic heterocycles. The Labute approximate surface area is 61.5 Å². The van der Waals surface area contributed by atoms with Gasteiger partial charge in [0.05, 0.1) is 6.04 Å². The van der Waals surface area contributed by atoms with Gasteiger partial charge in [-0.05, 0) is 20.8 Å². The van der Waals surface area contributed by atoms with Crippen molar-refractivity contribution in [2.75, 3.05) is 7.05 Å². The standard InChI is InChI=1S/C8H13NO/c1-5-6(2)9(4)7(3)8(5)10/h7H,1-4H3. The van der Waals surface area contributed by atoms with E-state index in [0.717, 1.165) is 11.3 Å². The van der Waals surface area contributed by atoms with Gasteiger partial charge in [0.1, 0.15) is 0 Å². The number of hydrogen-bond acceptors (Lipinski definition) is 2. The van der Waals surface area contributed by atoms with Gasteiger partial charge >= 0.3 is 0 Å². The van der Waals surface area contributed by atoms with E-state index in [1.807, 2.05) is 32.7 Å². The summed E-state index contributed by atoms with van der Waals surface area (Å²) in [6.07, 6.45) is 0. The Hall–Kier alpha value is -0.790. The highest BCUT2D eigenvalue weighted by molar-refractivity contribution is 6.01. The first kappa shape index (κ1) is 7.32. The fraction of sp³-hybridized carbons (Fsp3) is 0.625. The third-order valence-corrected chi connectivity index (χ3v) is 2.40. The van der Waals surface area contributed by atoms with Crippen molar-refractivity contribution in [2.24, 2.45) is 0 Å². The molecular weight excluding hydrogens is 126 g/mol. The van der Waals surface area contributed by atoms with Gasteiger partial charge in [0.15, 0.2) is 5.78 Å². The highest BCUT2D eigenvalue weighted by Crippen LogP contribution is 2.22. The van der Waals surface area contributed by atoms with Crippen LogP contribution in [0.1, 0.15) is 20.8 Å². The summed E-state index contributed by atoms with van der Waals surface area (Å²) in [5.74, 6) is 0.264. The van der Waals surface area contributed by atoms with Crippen molar-refractivity contribution < 1.29 is 4.79 Å². The van der Waals surface area contributed by atoms with Crippen LogP contribution in [-0.2, 0) is 4.79 Å². The fourth-order valence-electron chi connectivity index (χ4n) is 1.22. The zero-order chi connectivity index (χ0) is 7.89. The molecule has 0 saturated carbocycles. The van der Waals surface area contributed by atoms with Crippen molar-refractivity contribution in [3.8, 4) is 0 Å². The summed E-state index contributed by atoms with van der Waals surface area (Å²) in [6, 6.07) is 0.0556. The molecule has 0 amide bonds. The summed E-state index contributed by atoms with van der Waals surface area (Å²) in [6.45, 7) is 5.80. The van der Waals surface area contributed by atoms with Crippen LogP contribution in [0.2, 0.25) is 0 Å². The maximum absolute atomic E-state index is 11.2. The maximum atomic E-state index is 11.2. The summed E-state index contributed by atoms with van der Waals surface area (Å²) in [5.41, 5.74) is 2.02. The quantitative estimate of drug-likeness (QED) is 0.502. The van der Waals surface area contributed by atoms with Gasteiger partial charge in [-0.25, -0.2) is 0 Å². The van der Waals surface area contributed by atoms with Crippen LogP contribution in [0.25, 0.3) is 0 Å². The SMILES string of the molecule is CC1=C(C)N(C)C(C)C1=O. The van der Waals surface area contributed by atoms with Crippen LogP contribution in [0, 0.1) is 0 Å². The lowest BCUT2D eigenvalue weighted by molar-refractivity contribution is -0.117. The van der Waals surface area contributed by atoms with Crippen molar-refractivity contribution in [2.45, 2.75) is 26.8 Å². The summed E-state index contributed by atoms with van der Waals surface area (Å²) < 4.78 is 0. The van der Waals surface area contributed by atoms with Crippen molar-refractivity contribution in [3.63, 3.8) is 0 Å². The summed E-state index contributed by atoms with van der Waals surface area (Å²) in [5, 5.41) is 0. The third kappa shape index (κ3) is 0.753. The largest absolute Gasteiger partial charge is 0.368 e. The van der Waals surface area contributed by atoms with Crippen molar-refractivity contribution >= 4 is 5.78 Å². The van der Waals surface area contributed by atoms with Gasteiger partial charge in [-0.2, -0.15) is 0 Å². The number of ketones is 1. The molecule has 56 valence electrons. The first-order valence-corrected chi connectivity index (χ1v) is 3.50. The molecule has 1 atom stereocenters. The molecule has 0 fully saturated rings. The van der Waals surface area contributed by atoms with Crippen LogP contribution in [0.5, 0.6) is 0 Å². The normalized spacial score (nSPS) is 26.6. The molecule has 10 heavy (non-hydrogen) atoms. The first-order chi connectivity index (χ1) is 4.55. The van der Waals surface area contributed by atoms with E-state index < -0.39 is 0 Å². The predicted molar refractivity (Wildman–Crippen MR) is 40.6 cm³/mol. The number of rotatable bonds is 0. The van der Waals surface area contributed by atoms with Gasteiger partial charge in [0, 0.05) is 18.3 Å². The van der Waals surface area contributed by atoms with E-state index in [1.165, 1.54) is 0 Å². The van der Waals surface area contributed by atoms with Crippen LogP contribution in [0.3, 0.4) is 0 Å². The minimum absolute atomic E-state index is 0.0556. The molecule has 1 heterocycles. The molecular formula is C8H13NO. The van der Waals surface area contributed by atoms with Gasteiger partial charge in [-0.3, -0.25) is 4.79 Å². The molecule has 0 bridgehead atoms. The smallest absolute Gasteiger partial charge is 0.182 e. The number of nitrogens with zero attached hydrogens (tertiary/aromatic N) is 1. The van der Waals surface area contributed by atoms with E-state index in [4.69, 9.17) is 0 Å². The highest BCUT2D eigenvalue weighted by atomic mass is 16.1. The van der Waals surface area contributed by atoms with E-state index >= 15 is 0 Å². The van der Waals surface area contributed by atoms with Crippen LogP contribution in [0.4, 0.5) is 0 Å². The van der Waals surface area contributed by atoms with Gasteiger partial charge in [-0.15, -0.1) is 0 Å². The van der Waals surface area contributed by atoms with Crippen molar-refractivity contribution in [1.29, 1.82) is 0 Å². The zero-order valence-electron chi connectivity index (χ0n) is 6.93. The fourth-order valence-corrected chi connectivity index (χ4v) is 1.22. The lowest BCUT2D eigenvalue weighted by Gasteiger charge is -2.17. The van der Waals surface area contributed by atoms with Crippen LogP contribution >= 0.6 is 0 Å². The van der Waals surface area contributed by atoms with Crippen LogP contribution in [0.15, 0.2) is 11.3 Å². The lowest BCUT2D eigenvalue weighted by Crippen LogP contribution is -2.27. The minimum Gasteiger partial charge on any atom is -0.368 e. The third-order valence-electron chi connectivity index (χ3n) is 2.40. The number of hydrogen-bond donors (Lipinski definition) is 0. The van der Waals surface area contributed by atoms with Gasteiger partial charge in [-0.1, -0.05) is 0 Å². The van der Waals surface area contributed by atoms with Crippen molar-refractivity contribution in [3.05, 3.63) is 11.3 Å². The van der Waals surface area contributed by atoms with Crippen LogP contribution < -0.4 is 0 Å². The molecule has 1 aliphatic heterocycles. The first-order valence-electron chi connectivity index (χ1n) is 3.50. The molecule has 1 unspecified atom stereocenters. The van der Waals surface area contributed by atoms with Crippen molar-refractivity contribution in [1.82, 2.24) is 4.90 Å². The molecule has 1 rings (SSSR count). The number of carbonyl (C=O) groups excluding carboxylic acids is 1. The number of likely N-dealkylation sites (N-methyl/N-ethyl adjacent to an activating group) is 1. The number of carbonyl (C=O) groups is 1. The summed E-state index contributed by atoms with van der Waals surface area (Å²) in [7, 11) is 1.95. The Morgan fingerprint density at radius 2 is 1.90 bits per heavy atom. The Balaban J connectivity index is 2.99. The van der Waals surface area contributed by atoms with E-state index in [1.54, 1.807) is 0 Å². The predicted octanol–water partition coefficient (Wildman–Crippen LogP) is 1.18. The topological polar surface area (TPSA) is 20.3 Å². The minimum atomic E-state index is 0.0556. The zero-order valence-corrected chi connectivity index (χ0v) is 6.93. The Kier molecular flexibility index (Phi) is 1.55. The molecule has 0 N–H and O–H groups in total. The van der Waals surface area contributed by atoms with Gasteiger partial charge < -0.3 is 4.90 Å². The molecule has 2 nitrogen and oxygen atoms in total. The monoisotopic (exact) mass is 139 g/mol. The average molecular weight is 139 g/mol. The molecule has 0 aromatic rings. The van der Waals surface area contributed by atoms with Gasteiger partial charge in [0.2, 0.25) is 0 Å². The van der Waals surface area contributed by atoms with Crippen LogP contribution in [-0.4, -0.2) is 23.8 Å². The molecule has 0 radical (unpaired) electrons.